The van der Waals surface area contributed by atoms with Gasteiger partial charge in [-0.2, -0.15) is 12.6 Å². The van der Waals surface area contributed by atoms with Crippen molar-refractivity contribution in [1.29, 1.82) is 0 Å². The number of carbonyl (C=O) groups is 3. The molecule has 184 valence electrons. The van der Waals surface area contributed by atoms with E-state index in [0.29, 0.717) is 12.1 Å². The highest BCUT2D eigenvalue weighted by molar-refractivity contribution is 7.80. The summed E-state index contributed by atoms with van der Waals surface area (Å²) in [4.78, 5) is 40.9. The Balaban J connectivity index is 2.36. The van der Waals surface area contributed by atoms with Crippen molar-refractivity contribution >= 4 is 30.5 Å². The number of unbranched alkanes of at least 4 members (excludes halogenated alkanes) is 1. The Morgan fingerprint density at radius 3 is 2.33 bits per heavy atom. The molecule has 4 unspecified atom stereocenters. The van der Waals surface area contributed by atoms with Gasteiger partial charge in [0.1, 0.15) is 23.4 Å². The number of hydrogen-bond donors (Lipinski definition) is 4. The van der Waals surface area contributed by atoms with Crippen molar-refractivity contribution < 1.29 is 24.2 Å². The van der Waals surface area contributed by atoms with Gasteiger partial charge in [0.15, 0.2) is 0 Å². The van der Waals surface area contributed by atoms with Crippen LogP contribution in [-0.2, 0) is 14.3 Å². The molecule has 0 aliphatic heterocycles. The highest BCUT2D eigenvalue weighted by Gasteiger charge is 2.48. The largest absolute Gasteiger partial charge is 0.508 e. The first-order chi connectivity index (χ1) is 15.5. The maximum absolute atomic E-state index is 13.7. The summed E-state index contributed by atoms with van der Waals surface area (Å²) >= 11 is 4.29. The summed E-state index contributed by atoms with van der Waals surface area (Å²) in [7, 11) is 0. The number of rotatable bonds is 10. The van der Waals surface area contributed by atoms with Crippen molar-refractivity contribution in [2.75, 3.05) is 12.3 Å². The fraction of sp³-hybridized carbons (Fsp3) is 0.625. The lowest BCUT2D eigenvalue weighted by Gasteiger charge is -2.34. The van der Waals surface area contributed by atoms with Gasteiger partial charge in [0.05, 0.1) is 0 Å². The number of aromatic hydroxyl groups is 1. The quantitative estimate of drug-likeness (QED) is 0.304. The summed E-state index contributed by atoms with van der Waals surface area (Å²) in [6, 6.07) is 4.28. The number of alkyl carbamates (subject to hydrolysis) is 1. The molecule has 1 aliphatic rings. The molecule has 4 atom stereocenters. The first-order valence-electron chi connectivity index (χ1n) is 11.5. The highest BCUT2D eigenvalue weighted by Crippen LogP contribution is 2.41. The van der Waals surface area contributed by atoms with Gasteiger partial charge < -0.3 is 25.4 Å². The third-order valence-corrected chi connectivity index (χ3v) is 5.78. The molecule has 0 bridgehead atoms. The molecule has 3 N–H and O–H groups in total. The summed E-state index contributed by atoms with van der Waals surface area (Å²) in [5.41, 5.74) is -0.128. The monoisotopic (exact) mass is 479 g/mol. The molecule has 0 spiro atoms. The molecule has 33 heavy (non-hydrogen) atoms. The first kappa shape index (κ1) is 26.8. The number of ether oxygens (including phenoxy) is 1. The lowest BCUT2D eigenvalue weighted by atomic mass is 10.0. The average molecular weight is 480 g/mol. The van der Waals surface area contributed by atoms with Crippen LogP contribution < -0.4 is 10.6 Å². The number of thiol groups is 1. The van der Waals surface area contributed by atoms with Crippen molar-refractivity contribution in [3.8, 4) is 5.75 Å². The Labute approximate surface area is 201 Å². The van der Waals surface area contributed by atoms with Crippen LogP contribution in [0.4, 0.5) is 4.79 Å². The number of carbonyl (C=O) groups excluding carboxylic acids is 3. The molecule has 2 rings (SSSR count). The second-order valence-corrected chi connectivity index (χ2v) is 9.91. The Morgan fingerprint density at radius 1 is 1.24 bits per heavy atom. The van der Waals surface area contributed by atoms with E-state index in [1.54, 1.807) is 37.8 Å². The summed E-state index contributed by atoms with van der Waals surface area (Å²) < 4.78 is 5.31. The molecular formula is C24H37N3O5S. The number of phenolic OH excluding ortho intramolecular Hbond substituents is 1. The Hall–Kier alpha value is -2.42. The zero-order chi connectivity index (χ0) is 24.8. The lowest BCUT2D eigenvalue weighted by Crippen LogP contribution is -2.54. The second-order valence-electron chi connectivity index (χ2n) is 9.55. The summed E-state index contributed by atoms with van der Waals surface area (Å²) in [6.45, 7) is 9.77. The summed E-state index contributed by atoms with van der Waals surface area (Å²) in [5, 5.41) is 15.3. The van der Waals surface area contributed by atoms with E-state index in [-0.39, 0.29) is 29.4 Å². The van der Waals surface area contributed by atoms with Crippen molar-refractivity contribution in [2.45, 2.75) is 77.6 Å². The molecule has 1 aliphatic carbocycles. The normalized spacial score (nSPS) is 19.2. The molecule has 0 heterocycles. The van der Waals surface area contributed by atoms with Crippen molar-refractivity contribution in [1.82, 2.24) is 15.5 Å². The van der Waals surface area contributed by atoms with Gasteiger partial charge in [-0.15, -0.1) is 0 Å². The van der Waals surface area contributed by atoms with Crippen LogP contribution in [0.1, 0.15) is 65.5 Å². The minimum atomic E-state index is -0.959. The fourth-order valence-electron chi connectivity index (χ4n) is 3.57. The smallest absolute Gasteiger partial charge is 0.408 e. The number of hydrogen-bond acceptors (Lipinski definition) is 6. The maximum atomic E-state index is 13.7. The minimum Gasteiger partial charge on any atom is -0.508 e. The van der Waals surface area contributed by atoms with Crippen LogP contribution in [0.3, 0.4) is 0 Å². The Morgan fingerprint density at radius 2 is 1.85 bits per heavy atom. The molecule has 1 fully saturated rings. The topological polar surface area (TPSA) is 108 Å². The molecule has 3 amide bonds. The van der Waals surface area contributed by atoms with Crippen LogP contribution in [0, 0.1) is 5.92 Å². The van der Waals surface area contributed by atoms with E-state index < -0.39 is 29.7 Å². The van der Waals surface area contributed by atoms with Crippen LogP contribution in [0.2, 0.25) is 0 Å². The zero-order valence-corrected chi connectivity index (χ0v) is 21.0. The van der Waals surface area contributed by atoms with E-state index in [4.69, 9.17) is 4.74 Å². The van der Waals surface area contributed by atoms with E-state index in [0.717, 1.165) is 19.3 Å². The molecule has 1 aromatic rings. The molecule has 9 heteroatoms. The van der Waals surface area contributed by atoms with Gasteiger partial charge in [-0.25, -0.2) is 4.79 Å². The fourth-order valence-corrected chi connectivity index (χ4v) is 3.81. The standard InChI is InChI=1S/C24H37N3O5S/c1-6-7-12-25-21(29)20(16-8-10-17(28)11-9-16)27(19-13-15(19)2)22(30)18(14-33)26-23(31)32-24(3,4)5/h8-11,15,18-20,28,33H,6-7,12-14H2,1-5H3,(H,25,29)(H,26,31). The van der Waals surface area contributed by atoms with E-state index in [9.17, 15) is 19.5 Å². The van der Waals surface area contributed by atoms with Gasteiger partial charge in [-0.1, -0.05) is 32.4 Å². The molecule has 8 nitrogen and oxygen atoms in total. The predicted octanol–water partition coefficient (Wildman–Crippen LogP) is 3.41. The van der Waals surface area contributed by atoms with E-state index in [2.05, 4.69) is 23.3 Å². The number of nitrogens with zero attached hydrogens (tertiary/aromatic N) is 1. The van der Waals surface area contributed by atoms with E-state index in [1.807, 2.05) is 13.8 Å². The third-order valence-electron chi connectivity index (χ3n) is 5.42. The van der Waals surface area contributed by atoms with Gasteiger partial charge in [-0.3, -0.25) is 9.59 Å². The zero-order valence-electron chi connectivity index (χ0n) is 20.1. The molecular weight excluding hydrogens is 442 g/mol. The van der Waals surface area contributed by atoms with Gasteiger partial charge in [-0.05, 0) is 57.2 Å². The summed E-state index contributed by atoms with van der Waals surface area (Å²) in [6.07, 6.45) is 1.79. The maximum Gasteiger partial charge on any atom is 0.408 e. The number of benzene rings is 1. The lowest BCUT2D eigenvalue weighted by molar-refractivity contribution is -0.143. The van der Waals surface area contributed by atoms with Crippen LogP contribution in [0.25, 0.3) is 0 Å². The highest BCUT2D eigenvalue weighted by atomic mass is 32.1. The SMILES string of the molecule is CCCCNC(=O)C(c1ccc(O)cc1)N(C(=O)C(CS)NC(=O)OC(C)(C)C)C1CC1C. The van der Waals surface area contributed by atoms with Gasteiger partial charge in [0.2, 0.25) is 11.8 Å². The first-order valence-corrected chi connectivity index (χ1v) is 12.1. The van der Waals surface area contributed by atoms with Crippen LogP contribution in [-0.4, -0.2) is 57.9 Å². The van der Waals surface area contributed by atoms with Gasteiger partial charge in [0.25, 0.3) is 0 Å². The third kappa shape index (κ3) is 7.84. The van der Waals surface area contributed by atoms with Crippen molar-refractivity contribution in [3.63, 3.8) is 0 Å². The second kappa shape index (κ2) is 11.6. The molecule has 0 radical (unpaired) electrons. The van der Waals surface area contributed by atoms with Crippen molar-refractivity contribution in [3.05, 3.63) is 29.8 Å². The number of amides is 3. The molecule has 1 aromatic carbocycles. The molecule has 1 saturated carbocycles. The number of nitrogens with one attached hydrogen (secondary N) is 2. The summed E-state index contributed by atoms with van der Waals surface area (Å²) in [5.74, 6) is -0.346. The van der Waals surface area contributed by atoms with Gasteiger partial charge in [0, 0.05) is 18.3 Å². The van der Waals surface area contributed by atoms with Gasteiger partial charge >= 0.3 is 6.09 Å². The van der Waals surface area contributed by atoms with E-state index in [1.165, 1.54) is 12.1 Å². The molecule has 0 aromatic heterocycles. The predicted molar refractivity (Wildman–Crippen MR) is 130 cm³/mol. The minimum absolute atomic E-state index is 0.0510. The van der Waals surface area contributed by atoms with Crippen LogP contribution >= 0.6 is 12.6 Å². The van der Waals surface area contributed by atoms with Crippen LogP contribution in [0.5, 0.6) is 5.75 Å². The van der Waals surface area contributed by atoms with E-state index >= 15 is 0 Å². The number of phenols is 1. The Kier molecular flexibility index (Phi) is 9.46. The average Bonchev–Trinajstić information content (AvgIpc) is 3.45. The van der Waals surface area contributed by atoms with Crippen molar-refractivity contribution in [2.24, 2.45) is 5.92 Å². The Bertz CT molecular complexity index is 824. The molecule has 0 saturated heterocycles. The van der Waals surface area contributed by atoms with Crippen LogP contribution in [0.15, 0.2) is 24.3 Å².